The van der Waals surface area contributed by atoms with Crippen LogP contribution in [0.4, 0.5) is 11.6 Å². The summed E-state index contributed by atoms with van der Waals surface area (Å²) in [7, 11) is 0. The van der Waals surface area contributed by atoms with Crippen molar-refractivity contribution in [2.45, 2.75) is 50.7 Å². The Bertz CT molecular complexity index is 937. The SMILES string of the molecule is CC1(C=NNc2nnc(NN=CC3(C)CCC=CO3)c3ccccc23)CCC=CO1. The standard InChI is InChI=1S/C22H26N6O2/c1-21(11-5-7-13-29-21)15-23-25-19-17-9-3-4-10-18(17)20(28-27-19)26-24-16-22(2)12-6-8-14-30-22/h3-4,7-10,13-16H,5-6,11-12H2,1-2H3,(H,25,27)(H,26,28). The number of fused-ring (bicyclic) bond motifs is 1. The highest BCUT2D eigenvalue weighted by Crippen LogP contribution is 2.27. The summed E-state index contributed by atoms with van der Waals surface area (Å²) in [6, 6.07) is 7.83. The third-order valence-electron chi connectivity index (χ3n) is 5.19. The van der Waals surface area contributed by atoms with Gasteiger partial charge in [0.15, 0.2) is 11.6 Å². The van der Waals surface area contributed by atoms with Crippen LogP contribution in [0.3, 0.4) is 0 Å². The molecule has 0 spiro atoms. The van der Waals surface area contributed by atoms with Gasteiger partial charge in [-0.1, -0.05) is 24.3 Å². The van der Waals surface area contributed by atoms with E-state index in [-0.39, 0.29) is 0 Å². The summed E-state index contributed by atoms with van der Waals surface area (Å²) >= 11 is 0. The molecule has 30 heavy (non-hydrogen) atoms. The lowest BCUT2D eigenvalue weighted by Crippen LogP contribution is -2.30. The van der Waals surface area contributed by atoms with Gasteiger partial charge in [0.05, 0.1) is 25.0 Å². The fourth-order valence-corrected chi connectivity index (χ4v) is 3.32. The number of ether oxygens (including phenoxy) is 2. The Balaban J connectivity index is 1.50. The molecular weight excluding hydrogens is 380 g/mol. The molecule has 3 heterocycles. The van der Waals surface area contributed by atoms with Crippen molar-refractivity contribution in [2.24, 2.45) is 10.2 Å². The Morgan fingerprint density at radius 3 is 1.70 bits per heavy atom. The molecule has 2 N–H and O–H groups in total. The zero-order valence-corrected chi connectivity index (χ0v) is 17.2. The first-order chi connectivity index (χ1) is 14.6. The van der Waals surface area contributed by atoms with Gasteiger partial charge in [0.2, 0.25) is 0 Å². The summed E-state index contributed by atoms with van der Waals surface area (Å²) in [6.45, 7) is 4.01. The third kappa shape index (κ3) is 4.59. The van der Waals surface area contributed by atoms with E-state index in [2.05, 4.69) is 31.3 Å². The molecule has 156 valence electrons. The van der Waals surface area contributed by atoms with Crippen molar-refractivity contribution in [3.8, 4) is 0 Å². The molecule has 0 saturated carbocycles. The predicted molar refractivity (Wildman–Crippen MR) is 119 cm³/mol. The van der Waals surface area contributed by atoms with E-state index in [1.807, 2.05) is 50.3 Å². The largest absolute Gasteiger partial charge is 0.490 e. The Morgan fingerprint density at radius 1 is 0.833 bits per heavy atom. The number of anilines is 2. The molecule has 0 saturated heterocycles. The molecule has 0 fully saturated rings. The molecule has 4 rings (SSSR count). The molecule has 0 radical (unpaired) electrons. The van der Waals surface area contributed by atoms with Crippen LogP contribution in [0.1, 0.15) is 39.5 Å². The van der Waals surface area contributed by atoms with Gasteiger partial charge in [0.1, 0.15) is 11.2 Å². The summed E-state index contributed by atoms with van der Waals surface area (Å²) in [4.78, 5) is 0. The van der Waals surface area contributed by atoms with Crippen LogP contribution in [-0.2, 0) is 9.47 Å². The van der Waals surface area contributed by atoms with Gasteiger partial charge >= 0.3 is 0 Å². The summed E-state index contributed by atoms with van der Waals surface area (Å²) in [5, 5.41) is 19.0. The van der Waals surface area contributed by atoms with E-state index in [1.54, 1.807) is 25.0 Å². The number of nitrogens with zero attached hydrogens (tertiary/aromatic N) is 4. The summed E-state index contributed by atoms with van der Waals surface area (Å²) < 4.78 is 11.3. The van der Waals surface area contributed by atoms with Gasteiger partial charge in [0, 0.05) is 10.8 Å². The van der Waals surface area contributed by atoms with E-state index in [9.17, 15) is 0 Å². The van der Waals surface area contributed by atoms with Crippen molar-refractivity contribution in [3.63, 3.8) is 0 Å². The maximum Gasteiger partial charge on any atom is 0.176 e. The van der Waals surface area contributed by atoms with E-state index >= 15 is 0 Å². The van der Waals surface area contributed by atoms with E-state index < -0.39 is 11.2 Å². The van der Waals surface area contributed by atoms with Gasteiger partial charge in [-0.15, -0.1) is 10.2 Å². The number of benzene rings is 1. The molecule has 2 atom stereocenters. The van der Waals surface area contributed by atoms with Gasteiger partial charge in [-0.05, 0) is 51.7 Å². The van der Waals surface area contributed by atoms with Crippen molar-refractivity contribution in [3.05, 3.63) is 48.9 Å². The fraction of sp³-hybridized carbons (Fsp3) is 0.364. The van der Waals surface area contributed by atoms with Crippen molar-refractivity contribution in [2.75, 3.05) is 10.9 Å². The maximum atomic E-state index is 5.67. The molecule has 0 aliphatic carbocycles. The van der Waals surface area contributed by atoms with Gasteiger partial charge < -0.3 is 9.47 Å². The van der Waals surface area contributed by atoms with E-state index in [4.69, 9.17) is 9.47 Å². The molecule has 2 aliphatic heterocycles. The molecule has 0 amide bonds. The number of hydrogen-bond acceptors (Lipinski definition) is 8. The van der Waals surface area contributed by atoms with E-state index in [0.29, 0.717) is 11.6 Å². The molecule has 1 aromatic heterocycles. The average molecular weight is 406 g/mol. The van der Waals surface area contributed by atoms with Crippen LogP contribution in [0.15, 0.2) is 59.1 Å². The van der Waals surface area contributed by atoms with Crippen LogP contribution in [0, 0.1) is 0 Å². The van der Waals surface area contributed by atoms with Crippen LogP contribution >= 0.6 is 0 Å². The monoisotopic (exact) mass is 406 g/mol. The molecular formula is C22H26N6O2. The number of rotatable bonds is 6. The molecule has 2 unspecified atom stereocenters. The smallest absolute Gasteiger partial charge is 0.176 e. The van der Waals surface area contributed by atoms with Gasteiger partial charge in [-0.25, -0.2) is 0 Å². The molecule has 8 nitrogen and oxygen atoms in total. The van der Waals surface area contributed by atoms with Gasteiger partial charge in [0.25, 0.3) is 0 Å². The van der Waals surface area contributed by atoms with Crippen LogP contribution in [0.5, 0.6) is 0 Å². The highest BCUT2D eigenvalue weighted by atomic mass is 16.5. The Kier molecular flexibility index (Phi) is 5.65. The highest BCUT2D eigenvalue weighted by molar-refractivity contribution is 5.98. The lowest BCUT2D eigenvalue weighted by Gasteiger charge is -2.27. The predicted octanol–water partition coefficient (Wildman–Crippen LogP) is 4.59. The zero-order valence-electron chi connectivity index (χ0n) is 17.2. The minimum absolute atomic E-state index is 0.423. The maximum absolute atomic E-state index is 5.67. The Labute approximate surface area is 175 Å². The van der Waals surface area contributed by atoms with Crippen molar-refractivity contribution in [1.82, 2.24) is 10.2 Å². The van der Waals surface area contributed by atoms with Crippen molar-refractivity contribution < 1.29 is 9.47 Å². The second-order valence-electron chi connectivity index (χ2n) is 7.86. The number of aromatic nitrogens is 2. The third-order valence-corrected chi connectivity index (χ3v) is 5.19. The molecule has 2 aliphatic rings. The van der Waals surface area contributed by atoms with Gasteiger partial charge in [-0.3, -0.25) is 10.9 Å². The number of hydrazone groups is 2. The summed E-state index contributed by atoms with van der Waals surface area (Å²) in [5.74, 6) is 1.14. The second kappa shape index (κ2) is 8.52. The number of hydrogen-bond donors (Lipinski definition) is 2. The van der Waals surface area contributed by atoms with Crippen molar-refractivity contribution >= 4 is 34.8 Å². The van der Waals surface area contributed by atoms with Crippen LogP contribution in [0.25, 0.3) is 10.8 Å². The topological polar surface area (TPSA) is 93.0 Å². The second-order valence-corrected chi connectivity index (χ2v) is 7.86. The van der Waals surface area contributed by atoms with Gasteiger partial charge in [-0.2, -0.15) is 10.2 Å². The first kappa shape index (κ1) is 19.9. The van der Waals surface area contributed by atoms with Crippen LogP contribution in [-0.4, -0.2) is 33.8 Å². The minimum atomic E-state index is -0.423. The first-order valence-electron chi connectivity index (χ1n) is 10.1. The normalized spacial score (nSPS) is 26.1. The van der Waals surface area contributed by atoms with E-state index in [1.165, 1.54) is 0 Å². The van der Waals surface area contributed by atoms with Crippen LogP contribution in [0.2, 0.25) is 0 Å². The fourth-order valence-electron chi connectivity index (χ4n) is 3.32. The average Bonchev–Trinajstić information content (AvgIpc) is 2.76. The highest BCUT2D eigenvalue weighted by Gasteiger charge is 2.25. The van der Waals surface area contributed by atoms with Crippen molar-refractivity contribution in [1.29, 1.82) is 0 Å². The first-order valence-corrected chi connectivity index (χ1v) is 10.1. The molecule has 0 bridgehead atoms. The lowest BCUT2D eigenvalue weighted by atomic mass is 10.00. The summed E-state index contributed by atoms with van der Waals surface area (Å²) in [5.41, 5.74) is 5.15. The summed E-state index contributed by atoms with van der Waals surface area (Å²) in [6.07, 6.45) is 14.7. The number of allylic oxidation sites excluding steroid dienone is 2. The molecule has 1 aromatic carbocycles. The lowest BCUT2D eigenvalue weighted by molar-refractivity contribution is 0.0899. The Hall–Kier alpha value is -3.42. The minimum Gasteiger partial charge on any atom is -0.490 e. The quantitative estimate of drug-likeness (QED) is 0.538. The molecule has 2 aromatic rings. The van der Waals surface area contributed by atoms with E-state index in [0.717, 1.165) is 36.5 Å². The van der Waals surface area contributed by atoms with Crippen LogP contribution < -0.4 is 10.9 Å². The number of nitrogens with one attached hydrogen (secondary N) is 2. The molecule has 8 heteroatoms. The Morgan fingerprint density at radius 2 is 1.30 bits per heavy atom. The zero-order chi connectivity index (χ0) is 20.9.